The number of amides is 7. The van der Waals surface area contributed by atoms with Crippen molar-refractivity contribution in [3.8, 4) is 57.1 Å². The van der Waals surface area contributed by atoms with Crippen molar-refractivity contribution >= 4 is 70.5 Å². The number of primary amides is 1. The summed E-state index contributed by atoms with van der Waals surface area (Å²) in [4.78, 5) is 119. The number of aliphatic hydroxyl groups is 6. The van der Waals surface area contributed by atoms with E-state index in [1.807, 2.05) is 0 Å². The van der Waals surface area contributed by atoms with Crippen molar-refractivity contribution in [3.63, 3.8) is 0 Å². The molecule has 0 saturated carbocycles. The molecule has 0 aromatic heterocycles. The Labute approximate surface area is 591 Å². The standard InChI is InChI=1S/C67H77Cl2N9O24/c1-25-13-38(72-5)64(93)78(25)54-56(86)30-9-12-43(36(69)16-30)102-45-18-31-17-44(58(45)100-27(3)99-46(23-79)57(87)41(83)24-97-48-22-67(4,71)59(88)26(2)98-48)101-42-11-8-29(15-35(42)68)55(85)53-62(91)76-52(66(95)96)34-19-32(80)20-40(82)49(34)33-14-28(7-10-39(33)81)51(65(94)77(53)6)75-61(90)50(31)74-60(89)37(21-47(70)84)73-63(54)92/h7-12,14-20,25-27,37-38,41,46,48,50-57,59,72,79-83,85-88H,13,21-24,71H2,1-6H3,(H2,70,84)(H,73,92)(H,74,89)(H,75,90)(H,76,91)(H,95,96). The summed E-state index contributed by atoms with van der Waals surface area (Å²) in [6.45, 7) is 4.38. The molecule has 12 rings (SSSR count). The van der Waals surface area contributed by atoms with Gasteiger partial charge in [-0.15, -0.1) is 0 Å². The second-order valence-corrected chi connectivity index (χ2v) is 26.6. The minimum atomic E-state index is -2.29. The average Bonchev–Trinajstić information content (AvgIpc) is 0.863. The highest BCUT2D eigenvalue weighted by Gasteiger charge is 2.49. The Balaban J connectivity index is 1.18. The van der Waals surface area contributed by atoms with E-state index in [2.05, 4.69) is 26.6 Å². The summed E-state index contributed by atoms with van der Waals surface area (Å²) in [5.74, 6) is -14.9. The van der Waals surface area contributed by atoms with E-state index in [1.54, 1.807) is 20.8 Å². The molecule has 0 spiro atoms. The van der Waals surface area contributed by atoms with Crippen LogP contribution < -0.4 is 52.3 Å². The van der Waals surface area contributed by atoms with Crippen LogP contribution in [0.15, 0.2) is 78.9 Å². The lowest BCUT2D eigenvalue weighted by molar-refractivity contribution is -0.250. The summed E-state index contributed by atoms with van der Waals surface area (Å²) < 4.78 is 37.1. The molecule has 7 aliphatic rings. The Morgan fingerprint density at radius 2 is 1.35 bits per heavy atom. The van der Waals surface area contributed by atoms with Crippen molar-refractivity contribution in [2.45, 2.75) is 156 Å². The predicted octanol–water partition coefficient (Wildman–Crippen LogP) is 0.545. The first-order valence-corrected chi connectivity index (χ1v) is 32.8. The van der Waals surface area contributed by atoms with Crippen LogP contribution in [0.3, 0.4) is 0 Å². The number of likely N-dealkylation sites (N-methyl/N-ethyl adjacent to an activating group) is 2. The fourth-order valence-electron chi connectivity index (χ4n) is 13.1. The van der Waals surface area contributed by atoms with E-state index in [9.17, 15) is 65.4 Å². The summed E-state index contributed by atoms with van der Waals surface area (Å²) in [6, 6.07) is -0.520. The van der Waals surface area contributed by atoms with Gasteiger partial charge in [-0.25, -0.2) is 4.79 Å². The van der Waals surface area contributed by atoms with E-state index >= 15 is 24.0 Å². The molecule has 7 amide bonds. The highest BCUT2D eigenvalue weighted by atomic mass is 35.5. The molecule has 5 aromatic carbocycles. The maximum absolute atomic E-state index is 16.0. The minimum absolute atomic E-state index is 0.0249. The van der Waals surface area contributed by atoms with Crippen molar-refractivity contribution in [1.82, 2.24) is 36.4 Å². The molecule has 548 valence electrons. The van der Waals surface area contributed by atoms with Crippen molar-refractivity contribution in [2.75, 3.05) is 27.3 Å². The third kappa shape index (κ3) is 15.4. The van der Waals surface area contributed by atoms with Crippen LogP contribution in [-0.2, 0) is 52.6 Å². The highest BCUT2D eigenvalue weighted by Crippen LogP contribution is 2.49. The molecule has 0 radical (unpaired) electrons. The quantitative estimate of drug-likeness (QED) is 0.0636. The lowest BCUT2D eigenvalue weighted by Gasteiger charge is -2.43. The van der Waals surface area contributed by atoms with Crippen LogP contribution in [0.1, 0.15) is 105 Å². The maximum Gasteiger partial charge on any atom is 0.330 e. The van der Waals surface area contributed by atoms with Crippen molar-refractivity contribution in [1.29, 1.82) is 0 Å². The third-order valence-electron chi connectivity index (χ3n) is 18.4. The first-order valence-electron chi connectivity index (χ1n) is 32.0. The largest absolute Gasteiger partial charge is 0.508 e. The van der Waals surface area contributed by atoms with Gasteiger partial charge in [0, 0.05) is 47.8 Å². The minimum Gasteiger partial charge on any atom is -0.508 e. The number of fused-ring (bicyclic) bond motifs is 15. The molecular formula is C67H77Cl2N9O24. The second kappa shape index (κ2) is 30.4. The van der Waals surface area contributed by atoms with Gasteiger partial charge < -0.3 is 127 Å². The molecule has 33 nitrogen and oxygen atoms in total. The number of phenols is 3. The fourth-order valence-corrected chi connectivity index (χ4v) is 13.6. The zero-order valence-corrected chi connectivity index (χ0v) is 56.9. The number of benzene rings is 5. The number of carbonyl (C=O) groups excluding carboxylic acids is 7. The molecule has 18 atom stereocenters. The van der Waals surface area contributed by atoms with Gasteiger partial charge >= 0.3 is 5.97 Å². The molecule has 2 fully saturated rings. The van der Waals surface area contributed by atoms with Crippen LogP contribution >= 0.6 is 23.2 Å². The van der Waals surface area contributed by atoms with Crippen molar-refractivity contribution < 1.29 is 118 Å². The van der Waals surface area contributed by atoms with Gasteiger partial charge in [0.25, 0.3) is 0 Å². The number of aliphatic carboxylic acids is 1. The molecule has 11 bridgehead atoms. The number of nitrogens with zero attached hydrogens (tertiary/aromatic N) is 2. The maximum atomic E-state index is 16.0. The van der Waals surface area contributed by atoms with Crippen LogP contribution in [-0.4, -0.2) is 214 Å². The van der Waals surface area contributed by atoms with Crippen molar-refractivity contribution in [3.05, 3.63) is 117 Å². The van der Waals surface area contributed by atoms with Crippen LogP contribution in [0.25, 0.3) is 11.1 Å². The van der Waals surface area contributed by atoms with E-state index in [-0.39, 0.29) is 46.1 Å². The molecule has 19 N–H and O–H groups in total. The third-order valence-corrected chi connectivity index (χ3v) is 19.0. The van der Waals surface area contributed by atoms with Gasteiger partial charge in [0.15, 0.2) is 30.1 Å². The molecule has 7 aliphatic heterocycles. The molecule has 7 heterocycles. The van der Waals surface area contributed by atoms with Crippen molar-refractivity contribution in [2.24, 2.45) is 11.5 Å². The number of aliphatic hydroxyl groups excluding tert-OH is 6. The Morgan fingerprint density at radius 1 is 0.755 bits per heavy atom. The number of carboxylic acid groups (broad SMARTS) is 1. The van der Waals surface area contributed by atoms with Crippen LogP contribution in [0.2, 0.25) is 10.0 Å². The number of halogens is 2. The van der Waals surface area contributed by atoms with E-state index in [4.69, 9.17) is 63.1 Å². The summed E-state index contributed by atoms with van der Waals surface area (Å²) in [7, 11) is 2.50. The number of rotatable bonds is 15. The van der Waals surface area contributed by atoms with Gasteiger partial charge in [0.05, 0.1) is 47.9 Å². The molecule has 2 saturated heterocycles. The number of aromatic hydroxyl groups is 3. The number of nitrogens with one attached hydrogen (secondary N) is 5. The summed E-state index contributed by atoms with van der Waals surface area (Å²) in [5.41, 5.74) is 8.28. The van der Waals surface area contributed by atoms with Crippen LogP contribution in [0.5, 0.6) is 46.0 Å². The Kier molecular flexibility index (Phi) is 22.5. The van der Waals surface area contributed by atoms with E-state index in [0.717, 1.165) is 66.5 Å². The normalized spacial score (nSPS) is 28.1. The predicted molar refractivity (Wildman–Crippen MR) is 354 cm³/mol. The van der Waals surface area contributed by atoms with Gasteiger partial charge in [0.2, 0.25) is 47.1 Å². The van der Waals surface area contributed by atoms with E-state index in [0.29, 0.717) is 4.90 Å². The smallest absolute Gasteiger partial charge is 0.330 e. The SMILES string of the molecule is CNC1CC(C)N(C2C(=O)NC(CC(N)=O)C(=O)NC3C(=O)NC4C(=O)N(C)C(C(=O)NC(C(=O)O)c5cc(O)cc(O)c5-c5cc4ccc5O)C(O)c4ccc(c(Cl)c4)Oc4cc3cc(c4OC(C)OC(CO)C(O)C(O)COC3CC(C)(N)C(O)C(C)O3)Oc3ccc(cc3Cl)C2O)C1=O. The zero-order chi connectivity index (χ0) is 74.4. The second-order valence-electron chi connectivity index (χ2n) is 25.8. The number of ether oxygens (including phenoxy) is 6. The Morgan fingerprint density at radius 3 is 1.92 bits per heavy atom. The summed E-state index contributed by atoms with van der Waals surface area (Å²) in [6.07, 6.45) is -15.2. The number of hydrogen-bond donors (Lipinski definition) is 17. The fraction of sp³-hybridized carbons (Fsp3) is 0.433. The number of likely N-dealkylation sites (tertiary alicyclic amines) is 1. The Bertz CT molecular complexity index is 4110. The monoisotopic (exact) mass is 1460 g/mol. The number of phenolic OH excluding ortho intramolecular Hbond substituents is 3. The van der Waals surface area contributed by atoms with Crippen LogP contribution in [0.4, 0.5) is 0 Å². The molecule has 5 aromatic rings. The average molecular weight is 1460 g/mol. The number of nitrogens with two attached hydrogens (primary N) is 2. The van der Waals surface area contributed by atoms with Gasteiger partial charge in [-0.3, -0.25) is 33.6 Å². The van der Waals surface area contributed by atoms with Crippen LogP contribution in [0, 0.1) is 0 Å². The molecule has 18 unspecified atom stereocenters. The van der Waals surface area contributed by atoms with E-state index < -0.39 is 238 Å². The molecule has 102 heavy (non-hydrogen) atoms. The lowest BCUT2D eigenvalue weighted by atomic mass is 9.86. The van der Waals surface area contributed by atoms with Gasteiger partial charge in [-0.2, -0.15) is 0 Å². The number of carboxylic acids is 1. The zero-order valence-electron chi connectivity index (χ0n) is 55.3. The number of carbonyl (C=O) groups is 8. The molecule has 35 heteroatoms. The molecule has 0 aliphatic carbocycles. The highest BCUT2D eigenvalue weighted by molar-refractivity contribution is 6.32. The number of hydrogen-bond acceptors (Lipinski definition) is 25. The first kappa shape index (κ1) is 75.5. The summed E-state index contributed by atoms with van der Waals surface area (Å²) in [5, 5.41) is 126. The molecular weight excluding hydrogens is 1390 g/mol. The van der Waals surface area contributed by atoms with Gasteiger partial charge in [-0.1, -0.05) is 41.4 Å². The van der Waals surface area contributed by atoms with Gasteiger partial charge in [0.1, 0.15) is 89.5 Å². The van der Waals surface area contributed by atoms with E-state index in [1.165, 1.54) is 38.2 Å². The first-order chi connectivity index (χ1) is 48.1. The van der Waals surface area contributed by atoms with Gasteiger partial charge in [-0.05, 0) is 118 Å². The Hall–Kier alpha value is -9.20. The summed E-state index contributed by atoms with van der Waals surface area (Å²) >= 11 is 14.1. The lowest BCUT2D eigenvalue weighted by Crippen LogP contribution is -2.60. The topological polar surface area (TPSA) is 513 Å².